The van der Waals surface area contributed by atoms with E-state index in [-0.39, 0.29) is 15.5 Å². The zero-order valence-corrected chi connectivity index (χ0v) is 16.7. The van der Waals surface area contributed by atoms with Crippen LogP contribution in [0.1, 0.15) is 11.1 Å². The predicted octanol–water partition coefficient (Wildman–Crippen LogP) is 5.19. The first-order valence-electron chi connectivity index (χ1n) is 8.96. The molecule has 3 aromatic carbocycles. The summed E-state index contributed by atoms with van der Waals surface area (Å²) in [5.74, 6) is 0. The number of nitro groups is 1. The first kappa shape index (κ1) is 18.9. The van der Waals surface area contributed by atoms with Gasteiger partial charge in [-0.15, -0.1) is 0 Å². The van der Waals surface area contributed by atoms with Gasteiger partial charge in [-0.1, -0.05) is 42.0 Å². The second kappa shape index (κ2) is 6.86. The molecule has 0 bridgehead atoms. The Balaban J connectivity index is 1.99. The Morgan fingerprint density at radius 3 is 2.10 bits per heavy atom. The van der Waals surface area contributed by atoms with Gasteiger partial charge < -0.3 is 4.98 Å². The zero-order valence-electron chi connectivity index (χ0n) is 15.8. The number of nitrogens with zero attached hydrogens (tertiary/aromatic N) is 1. The third-order valence-electron chi connectivity index (χ3n) is 4.87. The number of H-pyrrole nitrogens is 1. The molecule has 0 aliphatic rings. The van der Waals surface area contributed by atoms with Crippen molar-refractivity contribution in [3.8, 4) is 11.3 Å². The van der Waals surface area contributed by atoms with Gasteiger partial charge in [0.25, 0.3) is 5.69 Å². The maximum Gasteiger partial charge on any atom is 0.269 e. The number of fused-ring (bicyclic) bond motifs is 1. The van der Waals surface area contributed by atoms with Crippen molar-refractivity contribution in [2.45, 2.75) is 23.6 Å². The number of aromatic nitrogens is 1. The Bertz CT molecular complexity index is 1340. The normalized spacial score (nSPS) is 11.7. The van der Waals surface area contributed by atoms with Crippen LogP contribution in [0.2, 0.25) is 0 Å². The molecule has 0 amide bonds. The average Bonchev–Trinajstić information content (AvgIpc) is 3.07. The van der Waals surface area contributed by atoms with Crippen LogP contribution in [0.3, 0.4) is 0 Å². The molecule has 4 rings (SSSR count). The van der Waals surface area contributed by atoms with Crippen molar-refractivity contribution in [2.24, 2.45) is 0 Å². The van der Waals surface area contributed by atoms with Crippen molar-refractivity contribution in [1.82, 2.24) is 4.98 Å². The Morgan fingerprint density at radius 2 is 1.48 bits per heavy atom. The lowest BCUT2D eigenvalue weighted by molar-refractivity contribution is -0.384. The van der Waals surface area contributed by atoms with Gasteiger partial charge in [-0.3, -0.25) is 10.1 Å². The molecule has 4 aromatic rings. The van der Waals surface area contributed by atoms with Gasteiger partial charge in [0.15, 0.2) is 0 Å². The van der Waals surface area contributed by atoms with Gasteiger partial charge in [0.1, 0.15) is 4.90 Å². The Hall–Kier alpha value is -3.45. The number of non-ortho nitro benzene ring substituents is 1. The lowest BCUT2D eigenvalue weighted by Gasteiger charge is -2.08. The van der Waals surface area contributed by atoms with Crippen LogP contribution in [0.4, 0.5) is 5.69 Å². The van der Waals surface area contributed by atoms with Crippen molar-refractivity contribution in [3.63, 3.8) is 0 Å². The molecule has 146 valence electrons. The van der Waals surface area contributed by atoms with Crippen LogP contribution >= 0.6 is 0 Å². The summed E-state index contributed by atoms with van der Waals surface area (Å²) in [6.07, 6.45) is 0. The molecule has 0 aliphatic carbocycles. The fourth-order valence-corrected chi connectivity index (χ4v) is 4.99. The minimum atomic E-state index is -3.92. The largest absolute Gasteiger partial charge is 0.353 e. The smallest absolute Gasteiger partial charge is 0.269 e. The number of hydrogen-bond acceptors (Lipinski definition) is 4. The van der Waals surface area contributed by atoms with Crippen LogP contribution in [0.5, 0.6) is 0 Å². The number of nitrogens with one attached hydrogen (secondary N) is 1. The van der Waals surface area contributed by atoms with E-state index in [1.54, 1.807) is 6.07 Å². The van der Waals surface area contributed by atoms with Crippen molar-refractivity contribution in [2.75, 3.05) is 0 Å². The second-order valence-electron chi connectivity index (χ2n) is 7.00. The van der Waals surface area contributed by atoms with Crippen LogP contribution in [0.25, 0.3) is 22.2 Å². The molecule has 29 heavy (non-hydrogen) atoms. The third-order valence-corrected chi connectivity index (χ3v) is 6.73. The second-order valence-corrected chi connectivity index (χ2v) is 8.89. The summed E-state index contributed by atoms with van der Waals surface area (Å²) < 4.78 is 27.1. The van der Waals surface area contributed by atoms with E-state index in [1.807, 2.05) is 50.2 Å². The molecular weight excluding hydrogens is 388 g/mol. The van der Waals surface area contributed by atoms with Gasteiger partial charge in [-0.25, -0.2) is 8.42 Å². The Labute approximate surface area is 167 Å². The minimum Gasteiger partial charge on any atom is -0.353 e. The number of sulfone groups is 1. The fourth-order valence-electron chi connectivity index (χ4n) is 3.35. The van der Waals surface area contributed by atoms with E-state index in [1.165, 1.54) is 24.3 Å². The molecule has 0 saturated heterocycles. The molecule has 6 nitrogen and oxygen atoms in total. The molecule has 1 N–H and O–H groups in total. The van der Waals surface area contributed by atoms with Gasteiger partial charge in [0, 0.05) is 23.0 Å². The first-order chi connectivity index (χ1) is 13.8. The van der Waals surface area contributed by atoms with E-state index in [0.717, 1.165) is 22.2 Å². The van der Waals surface area contributed by atoms with Crippen molar-refractivity contribution < 1.29 is 13.3 Å². The summed E-state index contributed by atoms with van der Waals surface area (Å²) >= 11 is 0. The number of rotatable bonds is 4. The van der Waals surface area contributed by atoms with E-state index in [9.17, 15) is 18.5 Å². The van der Waals surface area contributed by atoms with Crippen molar-refractivity contribution >= 4 is 26.4 Å². The van der Waals surface area contributed by atoms with E-state index >= 15 is 0 Å². The van der Waals surface area contributed by atoms with Gasteiger partial charge in [0.05, 0.1) is 15.5 Å². The molecule has 0 saturated carbocycles. The quantitative estimate of drug-likeness (QED) is 0.373. The highest BCUT2D eigenvalue weighted by atomic mass is 32.2. The molecule has 1 aromatic heterocycles. The molecule has 0 atom stereocenters. The topological polar surface area (TPSA) is 93.1 Å². The van der Waals surface area contributed by atoms with E-state index in [2.05, 4.69) is 4.98 Å². The SMILES string of the molecule is Cc1ccc(-c2[nH]c3cc(C)ccc3c2S(=O)(=O)c2ccc([N+](=O)[O-])cc2)cc1. The standard InChI is InChI=1S/C22H18N2O4S/c1-14-3-6-16(7-4-14)21-22(19-12-5-15(2)13-20(19)23-21)29(27,28)18-10-8-17(9-11-18)24(25)26/h3-13,23H,1-2H3. The maximum absolute atomic E-state index is 13.5. The summed E-state index contributed by atoms with van der Waals surface area (Å²) in [7, 11) is -3.92. The van der Waals surface area contributed by atoms with Gasteiger partial charge >= 0.3 is 0 Å². The molecule has 1 heterocycles. The van der Waals surface area contributed by atoms with E-state index in [0.29, 0.717) is 11.1 Å². The summed E-state index contributed by atoms with van der Waals surface area (Å²) in [5, 5.41) is 11.5. The van der Waals surface area contributed by atoms with E-state index < -0.39 is 14.8 Å². The van der Waals surface area contributed by atoms with Crippen LogP contribution in [0.15, 0.2) is 76.5 Å². The lowest BCUT2D eigenvalue weighted by atomic mass is 10.1. The van der Waals surface area contributed by atoms with Crippen LogP contribution in [-0.4, -0.2) is 18.3 Å². The lowest BCUT2D eigenvalue weighted by Crippen LogP contribution is -2.03. The molecule has 0 spiro atoms. The summed E-state index contributed by atoms with van der Waals surface area (Å²) in [5.41, 5.74) is 3.90. The first-order valence-corrected chi connectivity index (χ1v) is 10.4. The highest BCUT2D eigenvalue weighted by molar-refractivity contribution is 7.91. The predicted molar refractivity (Wildman–Crippen MR) is 112 cm³/mol. The van der Waals surface area contributed by atoms with Crippen molar-refractivity contribution in [3.05, 3.63) is 88.0 Å². The summed E-state index contributed by atoms with van der Waals surface area (Å²) in [4.78, 5) is 13.8. The van der Waals surface area contributed by atoms with Gasteiger partial charge in [-0.2, -0.15) is 0 Å². The Kier molecular flexibility index (Phi) is 4.47. The molecule has 7 heteroatoms. The monoisotopic (exact) mass is 406 g/mol. The summed E-state index contributed by atoms with van der Waals surface area (Å²) in [6.45, 7) is 3.91. The van der Waals surface area contributed by atoms with Gasteiger partial charge in [-0.05, 0) is 43.2 Å². The van der Waals surface area contributed by atoms with Crippen LogP contribution < -0.4 is 0 Å². The molecule has 0 radical (unpaired) electrons. The molecule has 0 unspecified atom stereocenters. The van der Waals surface area contributed by atoms with Crippen LogP contribution in [-0.2, 0) is 9.84 Å². The maximum atomic E-state index is 13.5. The Morgan fingerprint density at radius 1 is 0.862 bits per heavy atom. The number of hydrogen-bond donors (Lipinski definition) is 1. The number of nitro benzene ring substituents is 1. The third kappa shape index (κ3) is 3.30. The fraction of sp³-hybridized carbons (Fsp3) is 0.0909. The zero-order chi connectivity index (χ0) is 20.8. The molecular formula is C22H18N2O4S. The average molecular weight is 406 g/mol. The number of benzene rings is 3. The highest BCUT2D eigenvalue weighted by Crippen LogP contribution is 2.38. The number of aromatic amines is 1. The van der Waals surface area contributed by atoms with E-state index in [4.69, 9.17) is 0 Å². The molecule has 0 fully saturated rings. The van der Waals surface area contributed by atoms with Gasteiger partial charge in [0.2, 0.25) is 9.84 Å². The van der Waals surface area contributed by atoms with Crippen molar-refractivity contribution in [1.29, 1.82) is 0 Å². The highest BCUT2D eigenvalue weighted by Gasteiger charge is 2.27. The molecule has 0 aliphatic heterocycles. The van der Waals surface area contributed by atoms with Crippen LogP contribution in [0, 0.1) is 24.0 Å². The summed E-state index contributed by atoms with van der Waals surface area (Å²) in [6, 6.07) is 18.1. The number of aryl methyl sites for hydroxylation is 2. The minimum absolute atomic E-state index is 0.0120.